The molecule has 0 radical (unpaired) electrons. The zero-order valence-corrected chi connectivity index (χ0v) is 12.0. The first-order valence-corrected chi connectivity index (χ1v) is 6.38. The highest BCUT2D eigenvalue weighted by Crippen LogP contribution is 2.22. The molecule has 0 spiro atoms. The lowest BCUT2D eigenvalue weighted by molar-refractivity contribution is 0.0634. The molecule has 6 heteroatoms. The van der Waals surface area contributed by atoms with E-state index >= 15 is 0 Å². The molecule has 0 saturated carbocycles. The minimum absolute atomic E-state index is 0.0552. The number of aromatic carboxylic acids is 1. The van der Waals surface area contributed by atoms with E-state index in [4.69, 9.17) is 9.84 Å². The van der Waals surface area contributed by atoms with Gasteiger partial charge in [-0.25, -0.2) is 14.6 Å². The summed E-state index contributed by atoms with van der Waals surface area (Å²) >= 11 is 0. The van der Waals surface area contributed by atoms with E-state index in [0.717, 1.165) is 5.39 Å². The molecule has 0 unspecified atom stereocenters. The number of nitrogens with one attached hydrogen (secondary N) is 1. The fourth-order valence-electron chi connectivity index (χ4n) is 1.84. The summed E-state index contributed by atoms with van der Waals surface area (Å²) in [5, 5.41) is 12.9. The number of carboxylic acid groups (broad SMARTS) is 1. The van der Waals surface area contributed by atoms with Crippen molar-refractivity contribution in [3.63, 3.8) is 0 Å². The predicted octanol–water partition coefficient (Wildman–Crippen LogP) is 3.28. The van der Waals surface area contributed by atoms with Gasteiger partial charge < -0.3 is 9.84 Å². The fraction of sp³-hybridized carbons (Fsp3) is 0.267. The van der Waals surface area contributed by atoms with Crippen molar-refractivity contribution >= 4 is 28.5 Å². The first kappa shape index (κ1) is 14.8. The van der Waals surface area contributed by atoms with Crippen LogP contribution in [0.1, 0.15) is 31.3 Å². The Balaban J connectivity index is 2.32. The standard InChI is InChI=1S/C15H16N2O4/c1-15(2,3)21-14(20)17-10-5-4-9-6-7-16-12(13(18)19)11(9)8-10/h4-8H,1-3H3,(H,17,20)(H,18,19). The largest absolute Gasteiger partial charge is 0.476 e. The van der Waals surface area contributed by atoms with Gasteiger partial charge in [-0.15, -0.1) is 0 Å². The summed E-state index contributed by atoms with van der Waals surface area (Å²) in [5.74, 6) is -1.12. The Morgan fingerprint density at radius 3 is 2.57 bits per heavy atom. The highest BCUT2D eigenvalue weighted by atomic mass is 16.6. The molecule has 2 N–H and O–H groups in total. The van der Waals surface area contributed by atoms with Gasteiger partial charge in [-0.1, -0.05) is 6.07 Å². The van der Waals surface area contributed by atoms with Crippen LogP contribution in [0, 0.1) is 0 Å². The number of fused-ring (bicyclic) bond motifs is 1. The Morgan fingerprint density at radius 2 is 1.95 bits per heavy atom. The maximum atomic E-state index is 11.7. The Morgan fingerprint density at radius 1 is 1.24 bits per heavy atom. The average Bonchev–Trinajstić information content (AvgIpc) is 2.35. The van der Waals surface area contributed by atoms with Crippen LogP contribution >= 0.6 is 0 Å². The Kier molecular flexibility index (Phi) is 3.80. The number of amides is 1. The molecular weight excluding hydrogens is 272 g/mol. The average molecular weight is 288 g/mol. The zero-order valence-electron chi connectivity index (χ0n) is 12.0. The van der Waals surface area contributed by atoms with Crippen LogP contribution < -0.4 is 5.32 Å². The maximum Gasteiger partial charge on any atom is 0.412 e. The number of hydrogen-bond acceptors (Lipinski definition) is 4. The predicted molar refractivity (Wildman–Crippen MR) is 78.6 cm³/mol. The summed E-state index contributed by atoms with van der Waals surface area (Å²) in [4.78, 5) is 26.7. The topological polar surface area (TPSA) is 88.5 Å². The molecule has 2 aromatic rings. The fourth-order valence-corrected chi connectivity index (χ4v) is 1.84. The number of carboxylic acids is 1. The van der Waals surface area contributed by atoms with Crippen molar-refractivity contribution in [1.82, 2.24) is 4.98 Å². The smallest absolute Gasteiger partial charge is 0.412 e. The second-order valence-electron chi connectivity index (χ2n) is 5.53. The zero-order chi connectivity index (χ0) is 15.6. The lowest BCUT2D eigenvalue weighted by atomic mass is 10.1. The molecule has 6 nitrogen and oxygen atoms in total. The van der Waals surface area contributed by atoms with Gasteiger partial charge in [0, 0.05) is 17.3 Å². The summed E-state index contributed by atoms with van der Waals surface area (Å²) in [6.07, 6.45) is 0.842. The van der Waals surface area contributed by atoms with E-state index in [1.807, 2.05) is 0 Å². The van der Waals surface area contributed by atoms with E-state index in [2.05, 4.69) is 10.3 Å². The number of nitrogens with zero attached hydrogens (tertiary/aromatic N) is 1. The van der Waals surface area contributed by atoms with E-state index in [1.165, 1.54) is 6.20 Å². The third kappa shape index (κ3) is 3.68. The van der Waals surface area contributed by atoms with Crippen molar-refractivity contribution in [3.8, 4) is 0 Å². The first-order chi connectivity index (χ1) is 9.76. The van der Waals surface area contributed by atoms with Crippen molar-refractivity contribution in [2.24, 2.45) is 0 Å². The lowest BCUT2D eigenvalue weighted by Crippen LogP contribution is -2.27. The van der Waals surface area contributed by atoms with Gasteiger partial charge in [0.1, 0.15) is 5.60 Å². The van der Waals surface area contributed by atoms with Gasteiger partial charge in [0.15, 0.2) is 5.69 Å². The van der Waals surface area contributed by atoms with E-state index in [0.29, 0.717) is 11.1 Å². The van der Waals surface area contributed by atoms with Gasteiger partial charge in [0.25, 0.3) is 0 Å². The highest BCUT2D eigenvalue weighted by Gasteiger charge is 2.17. The first-order valence-electron chi connectivity index (χ1n) is 6.38. The number of ether oxygens (including phenoxy) is 1. The van der Waals surface area contributed by atoms with Gasteiger partial charge in [-0.3, -0.25) is 5.32 Å². The molecule has 21 heavy (non-hydrogen) atoms. The summed E-state index contributed by atoms with van der Waals surface area (Å²) in [6, 6.07) is 6.67. The summed E-state index contributed by atoms with van der Waals surface area (Å²) in [5.41, 5.74) is -0.207. The molecule has 0 saturated heterocycles. The van der Waals surface area contributed by atoms with Crippen LogP contribution in [0.25, 0.3) is 10.8 Å². The van der Waals surface area contributed by atoms with Crippen LogP contribution in [0.2, 0.25) is 0 Å². The number of aromatic nitrogens is 1. The third-order valence-electron chi connectivity index (χ3n) is 2.61. The molecule has 0 atom stereocenters. The van der Waals surface area contributed by atoms with Crippen LogP contribution in [0.4, 0.5) is 10.5 Å². The van der Waals surface area contributed by atoms with Crippen LogP contribution in [-0.2, 0) is 4.74 Å². The van der Waals surface area contributed by atoms with Crippen molar-refractivity contribution in [3.05, 3.63) is 36.2 Å². The number of pyridine rings is 1. The van der Waals surface area contributed by atoms with E-state index in [1.54, 1.807) is 45.0 Å². The number of carbonyl (C=O) groups excluding carboxylic acids is 1. The Labute approximate surface area is 121 Å². The van der Waals surface area contributed by atoms with Crippen molar-refractivity contribution in [2.75, 3.05) is 5.32 Å². The molecule has 0 aliphatic rings. The Hall–Kier alpha value is -2.63. The minimum Gasteiger partial charge on any atom is -0.476 e. The monoisotopic (exact) mass is 288 g/mol. The Bertz CT molecular complexity index is 704. The highest BCUT2D eigenvalue weighted by molar-refractivity contribution is 6.03. The molecular formula is C15H16N2O4. The van der Waals surface area contributed by atoms with Crippen LogP contribution in [-0.4, -0.2) is 27.8 Å². The molecule has 1 aromatic heterocycles. The number of carbonyl (C=O) groups is 2. The molecule has 110 valence electrons. The van der Waals surface area contributed by atoms with Crippen LogP contribution in [0.15, 0.2) is 30.5 Å². The summed E-state index contributed by atoms with van der Waals surface area (Å²) < 4.78 is 5.15. The van der Waals surface area contributed by atoms with E-state index in [9.17, 15) is 9.59 Å². The molecule has 0 aliphatic heterocycles. The number of hydrogen-bond donors (Lipinski definition) is 2. The van der Waals surface area contributed by atoms with E-state index < -0.39 is 17.7 Å². The molecule has 0 bridgehead atoms. The van der Waals surface area contributed by atoms with Gasteiger partial charge in [-0.05, 0) is 44.4 Å². The third-order valence-corrected chi connectivity index (χ3v) is 2.61. The van der Waals surface area contributed by atoms with Gasteiger partial charge in [-0.2, -0.15) is 0 Å². The van der Waals surface area contributed by atoms with Crippen molar-refractivity contribution < 1.29 is 19.4 Å². The number of anilines is 1. The van der Waals surface area contributed by atoms with Gasteiger partial charge in [0.2, 0.25) is 0 Å². The summed E-state index contributed by atoms with van der Waals surface area (Å²) in [6.45, 7) is 5.29. The van der Waals surface area contributed by atoms with E-state index in [-0.39, 0.29) is 5.69 Å². The second kappa shape index (κ2) is 5.40. The molecule has 1 aromatic carbocycles. The SMILES string of the molecule is CC(C)(C)OC(=O)Nc1ccc2ccnc(C(=O)O)c2c1. The molecule has 1 heterocycles. The van der Waals surface area contributed by atoms with Crippen molar-refractivity contribution in [1.29, 1.82) is 0 Å². The summed E-state index contributed by atoms with van der Waals surface area (Å²) in [7, 11) is 0. The molecule has 0 fully saturated rings. The quantitative estimate of drug-likeness (QED) is 0.885. The van der Waals surface area contributed by atoms with Crippen LogP contribution in [0.3, 0.4) is 0 Å². The minimum atomic E-state index is -1.12. The van der Waals surface area contributed by atoms with Crippen molar-refractivity contribution in [2.45, 2.75) is 26.4 Å². The van der Waals surface area contributed by atoms with Crippen LogP contribution in [0.5, 0.6) is 0 Å². The molecule has 2 rings (SSSR count). The molecule has 1 amide bonds. The maximum absolute atomic E-state index is 11.7. The lowest BCUT2D eigenvalue weighted by Gasteiger charge is -2.19. The van der Waals surface area contributed by atoms with Gasteiger partial charge >= 0.3 is 12.1 Å². The van der Waals surface area contributed by atoms with Gasteiger partial charge in [0.05, 0.1) is 0 Å². The number of rotatable bonds is 2. The normalized spacial score (nSPS) is 11.2. The molecule has 0 aliphatic carbocycles. The number of benzene rings is 1. The second-order valence-corrected chi connectivity index (χ2v) is 5.53.